The molecule has 45 heavy (non-hydrogen) atoms. The molecule has 0 saturated heterocycles. The van der Waals surface area contributed by atoms with Gasteiger partial charge < -0.3 is 29.2 Å². The average molecular weight is 662 g/mol. The number of rotatable bonds is 15. The zero-order valence-electron chi connectivity index (χ0n) is 26.5. The van der Waals surface area contributed by atoms with Crippen LogP contribution < -0.4 is 28.6 Å². The number of methoxy groups -OCH3 is 4. The second-order valence-electron chi connectivity index (χ2n) is 10.2. The fourth-order valence-electron chi connectivity index (χ4n) is 4.49. The van der Waals surface area contributed by atoms with E-state index in [-0.39, 0.29) is 40.6 Å². The molecule has 0 fully saturated rings. The molecule has 0 heterocycles. The number of hydrogen-bond donors (Lipinski definition) is 1. The number of ether oxygens (including phenoxy) is 4. The van der Waals surface area contributed by atoms with Gasteiger partial charge in [0, 0.05) is 29.7 Å². The Kier molecular flexibility index (Phi) is 12.3. The quantitative estimate of drug-likeness (QED) is 0.244. The van der Waals surface area contributed by atoms with E-state index in [9.17, 15) is 18.0 Å². The van der Waals surface area contributed by atoms with Crippen molar-refractivity contribution in [2.45, 2.75) is 50.7 Å². The number of anilines is 1. The fourth-order valence-corrected chi connectivity index (χ4v) is 6.13. The SMILES string of the molecule is CC[C@H](C)NC(=O)[C@H](C)N(Cc1cccc(Cl)c1)C(=O)CN(c1cc(OC)ccc1OC)S(=O)(=O)c1ccc(OC)c(OC)c1. The summed E-state index contributed by atoms with van der Waals surface area (Å²) in [4.78, 5) is 28.7. The molecule has 1 N–H and O–H groups in total. The molecule has 0 aromatic heterocycles. The highest BCUT2D eigenvalue weighted by atomic mass is 35.5. The predicted octanol–water partition coefficient (Wildman–Crippen LogP) is 4.90. The Morgan fingerprint density at radius 1 is 0.867 bits per heavy atom. The van der Waals surface area contributed by atoms with Crippen LogP contribution in [0.25, 0.3) is 0 Å². The maximum Gasteiger partial charge on any atom is 0.265 e. The first kappa shape index (κ1) is 35.3. The van der Waals surface area contributed by atoms with Crippen molar-refractivity contribution < 1.29 is 37.0 Å². The van der Waals surface area contributed by atoms with Gasteiger partial charge in [0.15, 0.2) is 11.5 Å². The van der Waals surface area contributed by atoms with E-state index in [2.05, 4.69) is 5.32 Å². The lowest BCUT2D eigenvalue weighted by Gasteiger charge is -2.33. The van der Waals surface area contributed by atoms with E-state index in [1.54, 1.807) is 43.3 Å². The molecule has 0 aliphatic heterocycles. The molecule has 0 aliphatic carbocycles. The summed E-state index contributed by atoms with van der Waals surface area (Å²) in [5.41, 5.74) is 0.715. The summed E-state index contributed by atoms with van der Waals surface area (Å²) in [5.74, 6) is -0.00426. The summed E-state index contributed by atoms with van der Waals surface area (Å²) >= 11 is 6.22. The number of halogens is 1. The fraction of sp³-hybridized carbons (Fsp3) is 0.375. The van der Waals surface area contributed by atoms with Gasteiger partial charge in [-0.3, -0.25) is 13.9 Å². The van der Waals surface area contributed by atoms with Gasteiger partial charge in [-0.15, -0.1) is 0 Å². The first-order chi connectivity index (χ1) is 21.4. The van der Waals surface area contributed by atoms with Gasteiger partial charge in [-0.25, -0.2) is 8.42 Å². The van der Waals surface area contributed by atoms with E-state index in [4.69, 9.17) is 30.5 Å². The van der Waals surface area contributed by atoms with E-state index < -0.39 is 28.5 Å². The maximum atomic E-state index is 14.4. The Hall–Kier alpha value is -4.16. The highest BCUT2D eigenvalue weighted by Crippen LogP contribution is 2.37. The summed E-state index contributed by atoms with van der Waals surface area (Å²) in [7, 11) is 1.20. The lowest BCUT2D eigenvalue weighted by Crippen LogP contribution is -2.52. The van der Waals surface area contributed by atoms with Crippen LogP contribution in [0.3, 0.4) is 0 Å². The molecule has 3 aromatic rings. The Morgan fingerprint density at radius 2 is 1.53 bits per heavy atom. The largest absolute Gasteiger partial charge is 0.497 e. The van der Waals surface area contributed by atoms with E-state index in [1.165, 1.54) is 57.6 Å². The molecule has 3 aromatic carbocycles. The minimum atomic E-state index is -4.45. The summed E-state index contributed by atoms with van der Waals surface area (Å²) in [6, 6.07) is 14.5. The maximum absolute atomic E-state index is 14.4. The van der Waals surface area contributed by atoms with Crippen molar-refractivity contribution in [3.8, 4) is 23.0 Å². The topological polar surface area (TPSA) is 124 Å². The lowest BCUT2D eigenvalue weighted by molar-refractivity contribution is -0.139. The summed E-state index contributed by atoms with van der Waals surface area (Å²) in [6.07, 6.45) is 0.688. The smallest absolute Gasteiger partial charge is 0.265 e. The molecule has 0 saturated carbocycles. The standard InChI is InChI=1S/C32H40ClN3O8S/c1-8-21(2)34-32(38)22(3)35(19-23-10-9-11-24(33)16-23)31(37)20-36(27-17-25(41-4)12-14-28(27)42-5)45(39,40)26-13-15-29(43-6)30(18-26)44-7/h9-18,21-22H,8,19-20H2,1-7H3,(H,34,38)/t21-,22-/m0/s1. The molecule has 0 unspecified atom stereocenters. The van der Waals surface area contributed by atoms with E-state index in [0.717, 1.165) is 4.31 Å². The van der Waals surface area contributed by atoms with Crippen LogP contribution in [-0.2, 0) is 26.2 Å². The first-order valence-corrected chi connectivity index (χ1v) is 16.0. The molecule has 244 valence electrons. The number of nitrogens with one attached hydrogen (secondary N) is 1. The monoisotopic (exact) mass is 661 g/mol. The lowest BCUT2D eigenvalue weighted by atomic mass is 10.1. The average Bonchev–Trinajstić information content (AvgIpc) is 3.04. The Morgan fingerprint density at radius 3 is 2.13 bits per heavy atom. The molecule has 0 aliphatic rings. The van der Waals surface area contributed by atoms with Crippen molar-refractivity contribution in [2.75, 3.05) is 39.3 Å². The zero-order chi connectivity index (χ0) is 33.3. The van der Waals surface area contributed by atoms with Gasteiger partial charge in [-0.2, -0.15) is 0 Å². The van der Waals surface area contributed by atoms with E-state index in [1.807, 2.05) is 13.8 Å². The van der Waals surface area contributed by atoms with Gasteiger partial charge in [0.25, 0.3) is 10.0 Å². The molecule has 0 radical (unpaired) electrons. The minimum Gasteiger partial charge on any atom is -0.497 e. The van der Waals surface area contributed by atoms with Crippen LogP contribution >= 0.6 is 11.6 Å². The predicted molar refractivity (Wildman–Crippen MR) is 173 cm³/mol. The van der Waals surface area contributed by atoms with Crippen LogP contribution in [0.1, 0.15) is 32.8 Å². The van der Waals surface area contributed by atoms with Crippen molar-refractivity contribution in [1.82, 2.24) is 10.2 Å². The van der Waals surface area contributed by atoms with Crippen LogP contribution in [0.4, 0.5) is 5.69 Å². The van der Waals surface area contributed by atoms with Crippen molar-refractivity contribution in [3.05, 3.63) is 71.2 Å². The molecule has 0 bridgehead atoms. The zero-order valence-corrected chi connectivity index (χ0v) is 28.1. The summed E-state index contributed by atoms with van der Waals surface area (Å²) < 4.78 is 51.2. The summed E-state index contributed by atoms with van der Waals surface area (Å²) in [5, 5.41) is 3.36. The third-order valence-electron chi connectivity index (χ3n) is 7.29. The molecule has 13 heteroatoms. The molecule has 11 nitrogen and oxygen atoms in total. The van der Waals surface area contributed by atoms with Gasteiger partial charge in [0.05, 0.1) is 39.0 Å². The van der Waals surface area contributed by atoms with Gasteiger partial charge in [-0.05, 0) is 62.2 Å². The molecule has 2 atom stereocenters. The third kappa shape index (κ3) is 8.52. The molecule has 3 rings (SSSR count). The Bertz CT molecular complexity index is 1600. The van der Waals surface area contributed by atoms with Crippen molar-refractivity contribution in [3.63, 3.8) is 0 Å². The van der Waals surface area contributed by atoms with Crippen LogP contribution in [0.15, 0.2) is 65.6 Å². The number of amides is 2. The molecule has 0 spiro atoms. The normalized spacial score (nSPS) is 12.4. The van der Waals surface area contributed by atoms with Crippen molar-refractivity contribution >= 4 is 39.1 Å². The molecular formula is C32H40ClN3O8S. The van der Waals surface area contributed by atoms with E-state index in [0.29, 0.717) is 28.5 Å². The van der Waals surface area contributed by atoms with E-state index >= 15 is 0 Å². The first-order valence-electron chi connectivity index (χ1n) is 14.2. The van der Waals surface area contributed by atoms with Crippen molar-refractivity contribution in [2.24, 2.45) is 0 Å². The molecular weight excluding hydrogens is 622 g/mol. The third-order valence-corrected chi connectivity index (χ3v) is 9.28. The van der Waals surface area contributed by atoms with Gasteiger partial charge in [0.2, 0.25) is 11.8 Å². The van der Waals surface area contributed by atoms with Crippen LogP contribution in [-0.4, -0.2) is 72.2 Å². The van der Waals surface area contributed by atoms with Crippen molar-refractivity contribution in [1.29, 1.82) is 0 Å². The van der Waals surface area contributed by atoms with Gasteiger partial charge in [0.1, 0.15) is 24.1 Å². The Balaban J connectivity index is 2.17. The molecule has 2 amide bonds. The van der Waals surface area contributed by atoms with Gasteiger partial charge in [-0.1, -0.05) is 30.7 Å². The number of nitrogens with zero attached hydrogens (tertiary/aromatic N) is 2. The highest BCUT2D eigenvalue weighted by molar-refractivity contribution is 7.92. The second-order valence-corrected chi connectivity index (χ2v) is 12.5. The number of sulfonamides is 1. The minimum absolute atomic E-state index is 0.00597. The number of carbonyl (C=O) groups excluding carboxylic acids is 2. The highest BCUT2D eigenvalue weighted by Gasteiger charge is 2.35. The van der Waals surface area contributed by atoms with Crippen LogP contribution in [0, 0.1) is 0 Å². The number of carbonyl (C=O) groups is 2. The van der Waals surface area contributed by atoms with Crippen LogP contribution in [0.2, 0.25) is 5.02 Å². The number of benzene rings is 3. The Labute approximate surface area is 270 Å². The number of hydrogen-bond acceptors (Lipinski definition) is 8. The summed E-state index contributed by atoms with van der Waals surface area (Å²) in [6.45, 7) is 4.71. The van der Waals surface area contributed by atoms with Gasteiger partial charge >= 0.3 is 0 Å². The van der Waals surface area contributed by atoms with Crippen LogP contribution in [0.5, 0.6) is 23.0 Å². The second kappa shape index (κ2) is 15.7.